The van der Waals surface area contributed by atoms with Crippen LogP contribution in [0.1, 0.15) is 52.9 Å². The van der Waals surface area contributed by atoms with Gasteiger partial charge in [-0.15, -0.1) is 0 Å². The van der Waals surface area contributed by atoms with Crippen LogP contribution < -0.4 is 0 Å². The summed E-state index contributed by atoms with van der Waals surface area (Å²) in [4.78, 5) is 0. The van der Waals surface area contributed by atoms with Crippen LogP contribution in [0.25, 0.3) is 0 Å². The molecule has 0 amide bonds. The van der Waals surface area contributed by atoms with Crippen molar-refractivity contribution >= 4 is 0 Å². The zero-order chi connectivity index (χ0) is 10.1. The van der Waals surface area contributed by atoms with E-state index in [0.29, 0.717) is 0 Å². The minimum atomic E-state index is -0.237. The average Bonchev–Trinajstić information content (AvgIpc) is 2.09. The van der Waals surface area contributed by atoms with Crippen LogP contribution in [-0.2, 0) is 4.74 Å². The van der Waals surface area contributed by atoms with Crippen molar-refractivity contribution in [1.29, 1.82) is 0 Å². The highest BCUT2D eigenvalue weighted by atomic mass is 16.5. The molecule has 2 heteroatoms. The van der Waals surface area contributed by atoms with E-state index in [1.807, 2.05) is 6.92 Å². The van der Waals surface area contributed by atoms with Crippen molar-refractivity contribution in [3.63, 3.8) is 0 Å². The monoisotopic (exact) mass is 188 g/mol. The molecule has 13 heavy (non-hydrogen) atoms. The smallest absolute Gasteiger partial charge is 0.0599 e. The van der Waals surface area contributed by atoms with E-state index in [2.05, 4.69) is 13.8 Å². The summed E-state index contributed by atoms with van der Waals surface area (Å²) >= 11 is 0. The van der Waals surface area contributed by atoms with Crippen LogP contribution in [0.5, 0.6) is 0 Å². The second kappa shape index (κ2) is 8.52. The molecule has 0 bridgehead atoms. The van der Waals surface area contributed by atoms with Crippen molar-refractivity contribution in [3.05, 3.63) is 0 Å². The van der Waals surface area contributed by atoms with Crippen LogP contribution in [0.4, 0.5) is 0 Å². The van der Waals surface area contributed by atoms with Crippen molar-refractivity contribution < 1.29 is 9.84 Å². The molecule has 0 saturated carbocycles. The molecule has 2 nitrogen and oxygen atoms in total. The molecular weight excluding hydrogens is 164 g/mol. The lowest BCUT2D eigenvalue weighted by Gasteiger charge is -2.18. The lowest BCUT2D eigenvalue weighted by Crippen LogP contribution is -2.19. The number of aliphatic hydroxyl groups is 1. The molecule has 2 unspecified atom stereocenters. The Morgan fingerprint density at radius 3 is 2.38 bits per heavy atom. The molecule has 80 valence electrons. The van der Waals surface area contributed by atoms with Crippen LogP contribution in [-0.4, -0.2) is 23.9 Å². The van der Waals surface area contributed by atoms with Gasteiger partial charge < -0.3 is 9.84 Å². The Balaban J connectivity index is 3.60. The zero-order valence-corrected chi connectivity index (χ0v) is 9.25. The molecule has 0 aliphatic carbocycles. The molecule has 2 atom stereocenters. The maximum absolute atomic E-state index is 9.24. The average molecular weight is 188 g/mol. The summed E-state index contributed by atoms with van der Waals surface area (Å²) < 4.78 is 5.64. The summed E-state index contributed by atoms with van der Waals surface area (Å²) in [5.74, 6) is 0. The zero-order valence-electron chi connectivity index (χ0n) is 9.25. The van der Waals surface area contributed by atoms with Gasteiger partial charge in [-0.05, 0) is 26.2 Å². The SMILES string of the molecule is CCCCC(CC(C)O)OCCC. The molecule has 0 fully saturated rings. The lowest BCUT2D eigenvalue weighted by molar-refractivity contribution is 0.0124. The summed E-state index contributed by atoms with van der Waals surface area (Å²) in [5.41, 5.74) is 0. The van der Waals surface area contributed by atoms with Gasteiger partial charge in [0.05, 0.1) is 12.2 Å². The van der Waals surface area contributed by atoms with E-state index in [9.17, 15) is 5.11 Å². The molecule has 0 spiro atoms. The Labute approximate surface area is 82.3 Å². The van der Waals surface area contributed by atoms with Crippen molar-refractivity contribution in [1.82, 2.24) is 0 Å². The minimum Gasteiger partial charge on any atom is -0.393 e. The summed E-state index contributed by atoms with van der Waals surface area (Å²) in [6, 6.07) is 0. The van der Waals surface area contributed by atoms with Gasteiger partial charge in [0.15, 0.2) is 0 Å². The maximum Gasteiger partial charge on any atom is 0.0599 e. The van der Waals surface area contributed by atoms with Gasteiger partial charge in [-0.25, -0.2) is 0 Å². The predicted octanol–water partition coefficient (Wildman–Crippen LogP) is 2.74. The number of ether oxygens (including phenoxy) is 1. The number of aliphatic hydroxyl groups excluding tert-OH is 1. The molecule has 1 N–H and O–H groups in total. The van der Waals surface area contributed by atoms with Crippen molar-refractivity contribution in [2.75, 3.05) is 6.61 Å². The fourth-order valence-corrected chi connectivity index (χ4v) is 1.37. The quantitative estimate of drug-likeness (QED) is 0.634. The molecule has 0 aliphatic rings. The van der Waals surface area contributed by atoms with Gasteiger partial charge in [0.2, 0.25) is 0 Å². The van der Waals surface area contributed by atoms with Gasteiger partial charge in [0.1, 0.15) is 0 Å². The van der Waals surface area contributed by atoms with E-state index in [-0.39, 0.29) is 12.2 Å². The summed E-state index contributed by atoms with van der Waals surface area (Å²) in [5, 5.41) is 9.24. The predicted molar refractivity (Wildman–Crippen MR) is 55.9 cm³/mol. The fourth-order valence-electron chi connectivity index (χ4n) is 1.37. The molecule has 0 heterocycles. The first-order valence-electron chi connectivity index (χ1n) is 5.50. The van der Waals surface area contributed by atoms with Gasteiger partial charge in [-0.3, -0.25) is 0 Å². The Morgan fingerprint density at radius 1 is 1.23 bits per heavy atom. The van der Waals surface area contributed by atoms with Crippen LogP contribution in [0.2, 0.25) is 0 Å². The van der Waals surface area contributed by atoms with Crippen molar-refractivity contribution in [2.24, 2.45) is 0 Å². The summed E-state index contributed by atoms with van der Waals surface area (Å²) in [7, 11) is 0. The first-order valence-corrected chi connectivity index (χ1v) is 5.50. The third-order valence-electron chi connectivity index (χ3n) is 2.04. The molecule has 0 aromatic rings. The second-order valence-corrected chi connectivity index (χ2v) is 3.72. The Morgan fingerprint density at radius 2 is 1.92 bits per heavy atom. The normalized spacial score (nSPS) is 15.7. The number of hydrogen-bond donors (Lipinski definition) is 1. The maximum atomic E-state index is 9.24. The third kappa shape index (κ3) is 8.26. The van der Waals surface area contributed by atoms with E-state index in [4.69, 9.17) is 4.74 Å². The molecule has 0 radical (unpaired) electrons. The van der Waals surface area contributed by atoms with Crippen molar-refractivity contribution in [2.45, 2.75) is 65.1 Å². The van der Waals surface area contributed by atoms with E-state index in [1.54, 1.807) is 0 Å². The first kappa shape index (κ1) is 12.9. The van der Waals surface area contributed by atoms with Crippen molar-refractivity contribution in [3.8, 4) is 0 Å². The second-order valence-electron chi connectivity index (χ2n) is 3.72. The Hall–Kier alpha value is -0.0800. The largest absolute Gasteiger partial charge is 0.393 e. The van der Waals surface area contributed by atoms with Crippen LogP contribution in [0.3, 0.4) is 0 Å². The lowest BCUT2D eigenvalue weighted by atomic mass is 10.1. The standard InChI is InChI=1S/C11H24O2/c1-4-6-7-11(9-10(3)12)13-8-5-2/h10-12H,4-9H2,1-3H3. The first-order chi connectivity index (χ1) is 6.20. The molecule has 0 aromatic carbocycles. The van der Waals surface area contributed by atoms with Gasteiger partial charge in [0, 0.05) is 6.61 Å². The van der Waals surface area contributed by atoms with E-state index in [1.165, 1.54) is 12.8 Å². The molecule has 0 rings (SSSR count). The summed E-state index contributed by atoms with van der Waals surface area (Å²) in [6.45, 7) is 6.94. The van der Waals surface area contributed by atoms with Gasteiger partial charge in [-0.1, -0.05) is 26.7 Å². The molecule has 0 aromatic heterocycles. The van der Waals surface area contributed by atoms with Crippen LogP contribution in [0, 0.1) is 0 Å². The highest BCUT2D eigenvalue weighted by Gasteiger charge is 2.10. The van der Waals surface area contributed by atoms with Gasteiger partial charge in [-0.2, -0.15) is 0 Å². The minimum absolute atomic E-state index is 0.237. The topological polar surface area (TPSA) is 29.5 Å². The van der Waals surface area contributed by atoms with Crippen LogP contribution in [0.15, 0.2) is 0 Å². The number of hydrogen-bond acceptors (Lipinski definition) is 2. The third-order valence-corrected chi connectivity index (χ3v) is 2.04. The summed E-state index contributed by atoms with van der Waals surface area (Å²) in [6.07, 6.45) is 5.34. The molecular formula is C11H24O2. The Bertz CT molecular complexity index is 94.3. The highest BCUT2D eigenvalue weighted by molar-refractivity contribution is 4.62. The highest BCUT2D eigenvalue weighted by Crippen LogP contribution is 2.11. The van der Waals surface area contributed by atoms with Crippen LogP contribution >= 0.6 is 0 Å². The van der Waals surface area contributed by atoms with Gasteiger partial charge >= 0.3 is 0 Å². The molecule has 0 aliphatic heterocycles. The Kier molecular flexibility index (Phi) is 8.46. The molecule has 0 saturated heterocycles. The van der Waals surface area contributed by atoms with E-state index >= 15 is 0 Å². The van der Waals surface area contributed by atoms with E-state index in [0.717, 1.165) is 25.9 Å². The number of rotatable bonds is 8. The van der Waals surface area contributed by atoms with Gasteiger partial charge in [0.25, 0.3) is 0 Å². The fraction of sp³-hybridized carbons (Fsp3) is 1.00. The number of unbranched alkanes of at least 4 members (excludes halogenated alkanes) is 1. The van der Waals surface area contributed by atoms with E-state index < -0.39 is 0 Å².